The molecule has 1 aliphatic heterocycles. The SMILES string of the molecule is CC1=CS(=O)(=O)C(COc2ccc(C)cc2)=N1. The van der Waals surface area contributed by atoms with Crippen molar-refractivity contribution in [1.29, 1.82) is 0 Å². The fourth-order valence-corrected chi connectivity index (χ4v) is 2.61. The number of nitrogens with zero attached hydrogens (tertiary/aromatic N) is 1. The smallest absolute Gasteiger partial charge is 0.218 e. The van der Waals surface area contributed by atoms with E-state index in [1.807, 2.05) is 19.1 Å². The standard InChI is InChI=1S/C12H13NO3S/c1-9-3-5-11(6-4-9)16-7-12-13-10(2)8-17(12,14)15/h3-6,8H,7H2,1-2H3. The Labute approximate surface area is 101 Å². The van der Waals surface area contributed by atoms with E-state index < -0.39 is 9.84 Å². The van der Waals surface area contributed by atoms with Crippen LogP contribution in [0.3, 0.4) is 0 Å². The first-order valence-electron chi connectivity index (χ1n) is 5.18. The highest BCUT2D eigenvalue weighted by Gasteiger charge is 2.23. The lowest BCUT2D eigenvalue weighted by molar-refractivity contribution is 0.378. The second-order valence-electron chi connectivity index (χ2n) is 3.91. The van der Waals surface area contributed by atoms with Crippen LogP contribution in [0.1, 0.15) is 12.5 Å². The molecule has 1 aromatic carbocycles. The Morgan fingerprint density at radius 1 is 1.18 bits per heavy atom. The van der Waals surface area contributed by atoms with Crippen molar-refractivity contribution in [3.8, 4) is 5.75 Å². The third-order valence-corrected chi connectivity index (χ3v) is 3.86. The van der Waals surface area contributed by atoms with E-state index in [0.29, 0.717) is 11.4 Å². The zero-order valence-corrected chi connectivity index (χ0v) is 10.5. The van der Waals surface area contributed by atoms with Crippen molar-refractivity contribution in [2.75, 3.05) is 6.61 Å². The van der Waals surface area contributed by atoms with Crippen LogP contribution in [-0.2, 0) is 9.84 Å². The maximum Gasteiger partial charge on any atom is 0.218 e. The van der Waals surface area contributed by atoms with E-state index in [1.54, 1.807) is 19.1 Å². The predicted molar refractivity (Wildman–Crippen MR) is 66.8 cm³/mol. The molecule has 4 nitrogen and oxygen atoms in total. The van der Waals surface area contributed by atoms with Gasteiger partial charge in [-0.1, -0.05) is 17.7 Å². The molecular formula is C12H13NO3S. The van der Waals surface area contributed by atoms with E-state index in [1.165, 1.54) is 0 Å². The van der Waals surface area contributed by atoms with Crippen LogP contribution >= 0.6 is 0 Å². The first-order valence-corrected chi connectivity index (χ1v) is 6.72. The molecule has 1 aliphatic rings. The molecule has 0 aliphatic carbocycles. The van der Waals surface area contributed by atoms with Crippen LogP contribution in [0.5, 0.6) is 5.75 Å². The second kappa shape index (κ2) is 4.33. The minimum absolute atomic E-state index is 0.0285. The molecule has 5 heteroatoms. The van der Waals surface area contributed by atoms with E-state index >= 15 is 0 Å². The summed E-state index contributed by atoms with van der Waals surface area (Å²) >= 11 is 0. The molecule has 0 bridgehead atoms. The number of aryl methyl sites for hydroxylation is 1. The normalized spacial score (nSPS) is 17.5. The number of hydrogen-bond donors (Lipinski definition) is 0. The quantitative estimate of drug-likeness (QED) is 0.826. The lowest BCUT2D eigenvalue weighted by Gasteiger charge is -2.05. The van der Waals surface area contributed by atoms with E-state index in [0.717, 1.165) is 11.0 Å². The summed E-state index contributed by atoms with van der Waals surface area (Å²) in [5.74, 6) is 0.637. The van der Waals surface area contributed by atoms with Crippen molar-refractivity contribution in [2.45, 2.75) is 13.8 Å². The second-order valence-corrected chi connectivity index (χ2v) is 5.71. The Morgan fingerprint density at radius 2 is 1.82 bits per heavy atom. The molecule has 0 atom stereocenters. The lowest BCUT2D eigenvalue weighted by Crippen LogP contribution is -2.17. The van der Waals surface area contributed by atoms with Gasteiger partial charge in [0.15, 0.2) is 5.04 Å². The summed E-state index contributed by atoms with van der Waals surface area (Å²) in [6.45, 7) is 3.60. The number of hydrogen-bond acceptors (Lipinski definition) is 4. The van der Waals surface area contributed by atoms with Crippen LogP contribution in [-0.4, -0.2) is 20.1 Å². The fourth-order valence-electron chi connectivity index (χ4n) is 1.47. The average Bonchev–Trinajstić information content (AvgIpc) is 2.51. The highest BCUT2D eigenvalue weighted by atomic mass is 32.2. The minimum Gasteiger partial charge on any atom is -0.487 e. The molecule has 0 radical (unpaired) electrons. The molecule has 0 saturated heterocycles. The summed E-state index contributed by atoms with van der Waals surface area (Å²) in [6.07, 6.45) is 0. The minimum atomic E-state index is -3.35. The number of aliphatic imine (C=N–C) groups is 1. The Hall–Kier alpha value is -1.62. The zero-order chi connectivity index (χ0) is 12.5. The molecule has 90 valence electrons. The molecule has 1 heterocycles. The van der Waals surface area contributed by atoms with Crippen LogP contribution in [0, 0.1) is 6.92 Å². The van der Waals surface area contributed by atoms with Crippen molar-refractivity contribution in [3.05, 3.63) is 40.9 Å². The third-order valence-electron chi connectivity index (χ3n) is 2.34. The van der Waals surface area contributed by atoms with Crippen molar-refractivity contribution >= 4 is 14.9 Å². The maximum atomic E-state index is 11.6. The summed E-state index contributed by atoms with van der Waals surface area (Å²) < 4.78 is 28.5. The molecule has 0 fully saturated rings. The molecule has 17 heavy (non-hydrogen) atoms. The van der Waals surface area contributed by atoms with Crippen molar-refractivity contribution < 1.29 is 13.2 Å². The van der Waals surface area contributed by atoms with E-state index in [-0.39, 0.29) is 11.7 Å². The van der Waals surface area contributed by atoms with Gasteiger partial charge in [-0.15, -0.1) is 0 Å². The first kappa shape index (κ1) is 11.9. The van der Waals surface area contributed by atoms with Gasteiger partial charge < -0.3 is 4.74 Å². The van der Waals surface area contributed by atoms with Gasteiger partial charge in [-0.25, -0.2) is 13.4 Å². The summed E-state index contributed by atoms with van der Waals surface area (Å²) in [5.41, 5.74) is 1.62. The monoisotopic (exact) mass is 251 g/mol. The van der Waals surface area contributed by atoms with Crippen molar-refractivity contribution in [1.82, 2.24) is 0 Å². The van der Waals surface area contributed by atoms with Gasteiger partial charge in [0.05, 0.1) is 11.1 Å². The lowest BCUT2D eigenvalue weighted by atomic mass is 10.2. The highest BCUT2D eigenvalue weighted by Crippen LogP contribution is 2.16. The highest BCUT2D eigenvalue weighted by molar-refractivity contribution is 8.09. The van der Waals surface area contributed by atoms with E-state index in [4.69, 9.17) is 4.74 Å². The van der Waals surface area contributed by atoms with Gasteiger partial charge in [0.1, 0.15) is 12.4 Å². The number of allylic oxidation sites excluding steroid dienone is 1. The topological polar surface area (TPSA) is 55.7 Å². The van der Waals surface area contributed by atoms with Gasteiger partial charge >= 0.3 is 0 Å². The van der Waals surface area contributed by atoms with Gasteiger partial charge in [0.25, 0.3) is 0 Å². The van der Waals surface area contributed by atoms with Gasteiger partial charge in [-0.2, -0.15) is 0 Å². The van der Waals surface area contributed by atoms with Crippen molar-refractivity contribution in [3.63, 3.8) is 0 Å². The van der Waals surface area contributed by atoms with Crippen molar-refractivity contribution in [2.24, 2.45) is 4.99 Å². The Kier molecular flexibility index (Phi) is 3.02. The van der Waals surface area contributed by atoms with Crippen LogP contribution in [0.4, 0.5) is 0 Å². The van der Waals surface area contributed by atoms with Crippen LogP contribution < -0.4 is 4.74 Å². The molecule has 0 unspecified atom stereocenters. The number of benzene rings is 1. The number of sulfone groups is 1. The van der Waals surface area contributed by atoms with Crippen LogP contribution in [0.15, 0.2) is 40.4 Å². The Morgan fingerprint density at radius 3 is 2.35 bits per heavy atom. The van der Waals surface area contributed by atoms with E-state index in [2.05, 4.69) is 4.99 Å². The summed E-state index contributed by atoms with van der Waals surface area (Å²) in [7, 11) is -3.35. The van der Waals surface area contributed by atoms with Gasteiger partial charge in [-0.3, -0.25) is 0 Å². The molecule has 0 amide bonds. The summed E-state index contributed by atoms with van der Waals surface area (Å²) in [4.78, 5) is 3.94. The molecule has 1 aromatic rings. The maximum absolute atomic E-state index is 11.6. The molecule has 0 spiro atoms. The average molecular weight is 251 g/mol. The molecule has 0 N–H and O–H groups in total. The number of ether oxygens (including phenoxy) is 1. The molecular weight excluding hydrogens is 238 g/mol. The van der Waals surface area contributed by atoms with Crippen LogP contribution in [0.25, 0.3) is 0 Å². The summed E-state index contributed by atoms with van der Waals surface area (Å²) in [5, 5.41) is 1.22. The zero-order valence-electron chi connectivity index (χ0n) is 9.67. The van der Waals surface area contributed by atoms with Gasteiger partial charge in [-0.05, 0) is 26.0 Å². The Bertz CT molecular complexity index is 583. The molecule has 0 saturated carbocycles. The largest absolute Gasteiger partial charge is 0.487 e. The first-order chi connectivity index (χ1) is 7.97. The summed E-state index contributed by atoms with van der Waals surface area (Å²) in [6, 6.07) is 7.42. The van der Waals surface area contributed by atoms with Gasteiger partial charge in [0, 0.05) is 0 Å². The Balaban J connectivity index is 2.05. The van der Waals surface area contributed by atoms with E-state index in [9.17, 15) is 8.42 Å². The fraction of sp³-hybridized carbons (Fsp3) is 0.250. The van der Waals surface area contributed by atoms with Gasteiger partial charge in [0.2, 0.25) is 9.84 Å². The predicted octanol–water partition coefficient (Wildman–Crippen LogP) is 2.06. The molecule has 2 rings (SSSR count). The number of rotatable bonds is 3. The van der Waals surface area contributed by atoms with Crippen LogP contribution in [0.2, 0.25) is 0 Å². The molecule has 0 aromatic heterocycles. The third kappa shape index (κ3) is 2.74.